The molecule has 0 bridgehead atoms. The van der Waals surface area contributed by atoms with Crippen LogP contribution < -0.4 is 10.0 Å². The number of benzene rings is 1. The van der Waals surface area contributed by atoms with Gasteiger partial charge in [-0.3, -0.25) is 4.79 Å². The Bertz CT molecular complexity index is 1240. The van der Waals surface area contributed by atoms with Crippen molar-refractivity contribution in [3.63, 3.8) is 0 Å². The maximum atomic E-state index is 13.6. The van der Waals surface area contributed by atoms with Crippen molar-refractivity contribution >= 4 is 21.6 Å². The first-order valence-corrected chi connectivity index (χ1v) is 10.3. The van der Waals surface area contributed by atoms with Gasteiger partial charge in [0.2, 0.25) is 10.0 Å². The molecule has 2 aromatic heterocycles. The molecule has 33 heavy (non-hydrogen) atoms. The van der Waals surface area contributed by atoms with Crippen LogP contribution in [0, 0.1) is 0 Å². The topological polar surface area (TPSA) is 106 Å². The van der Waals surface area contributed by atoms with Crippen LogP contribution in [0.1, 0.15) is 16.1 Å². The van der Waals surface area contributed by atoms with E-state index in [1.54, 1.807) is 0 Å². The third kappa shape index (κ3) is 5.87. The van der Waals surface area contributed by atoms with Gasteiger partial charge in [-0.15, -0.1) is 0 Å². The van der Waals surface area contributed by atoms with E-state index in [2.05, 4.69) is 15.4 Å². The monoisotopic (exact) mass is 493 g/mol. The van der Waals surface area contributed by atoms with E-state index in [0.29, 0.717) is 10.9 Å². The average molecular weight is 493 g/mol. The Kier molecular flexibility index (Phi) is 6.46. The Morgan fingerprint density at radius 2 is 1.67 bits per heavy atom. The highest BCUT2D eigenvalue weighted by atomic mass is 32.2. The fourth-order valence-corrected chi connectivity index (χ4v) is 3.63. The van der Waals surface area contributed by atoms with Crippen molar-refractivity contribution in [1.82, 2.24) is 19.5 Å². The van der Waals surface area contributed by atoms with Crippen molar-refractivity contribution in [2.75, 3.05) is 11.9 Å². The molecule has 0 fully saturated rings. The van der Waals surface area contributed by atoms with E-state index in [1.807, 2.05) is 0 Å². The van der Waals surface area contributed by atoms with Gasteiger partial charge >= 0.3 is 12.4 Å². The molecule has 1 amide bonds. The van der Waals surface area contributed by atoms with Gasteiger partial charge in [0.1, 0.15) is 6.54 Å². The van der Waals surface area contributed by atoms with Gasteiger partial charge in [-0.1, -0.05) is 6.07 Å². The van der Waals surface area contributed by atoms with Gasteiger partial charge in [0.05, 0.1) is 16.7 Å². The van der Waals surface area contributed by atoms with Gasteiger partial charge in [0, 0.05) is 11.9 Å². The highest BCUT2D eigenvalue weighted by molar-refractivity contribution is 7.89. The number of aromatic nitrogens is 3. The molecule has 3 aromatic rings. The van der Waals surface area contributed by atoms with Crippen LogP contribution in [0.15, 0.2) is 59.8 Å². The predicted molar refractivity (Wildman–Crippen MR) is 102 cm³/mol. The zero-order chi connectivity index (χ0) is 24.4. The van der Waals surface area contributed by atoms with Crippen LogP contribution in [-0.4, -0.2) is 41.8 Å². The molecule has 0 atom stereocenters. The van der Waals surface area contributed by atoms with Crippen LogP contribution >= 0.6 is 0 Å². The van der Waals surface area contributed by atoms with Crippen LogP contribution in [0.5, 0.6) is 0 Å². The second kappa shape index (κ2) is 8.82. The molecule has 0 unspecified atom stereocenters. The Morgan fingerprint density at radius 3 is 2.21 bits per heavy atom. The van der Waals surface area contributed by atoms with E-state index >= 15 is 0 Å². The molecule has 15 heteroatoms. The number of rotatable bonds is 6. The fraction of sp³-hybridized carbons (Fsp3) is 0.167. The van der Waals surface area contributed by atoms with Gasteiger partial charge in [-0.2, -0.15) is 31.4 Å². The van der Waals surface area contributed by atoms with E-state index in [-0.39, 0.29) is 11.5 Å². The van der Waals surface area contributed by atoms with Crippen molar-refractivity contribution < 1.29 is 39.6 Å². The molecule has 8 nitrogen and oxygen atoms in total. The number of carbonyl (C=O) groups is 1. The molecule has 0 aliphatic rings. The highest BCUT2D eigenvalue weighted by Crippen LogP contribution is 2.33. The molecule has 3 rings (SSSR count). The Balaban J connectivity index is 1.83. The number of hydrogen-bond donors (Lipinski definition) is 2. The minimum Gasteiger partial charge on any atom is -0.322 e. The van der Waals surface area contributed by atoms with Crippen molar-refractivity contribution in [2.45, 2.75) is 17.2 Å². The van der Waals surface area contributed by atoms with E-state index in [0.717, 1.165) is 24.3 Å². The Hall–Kier alpha value is -3.46. The number of alkyl halides is 6. The Morgan fingerprint density at radius 1 is 1.00 bits per heavy atom. The van der Waals surface area contributed by atoms with Crippen LogP contribution in [0.4, 0.5) is 32.0 Å². The minimum absolute atomic E-state index is 0.103. The number of nitrogens with one attached hydrogen (secondary N) is 2. The van der Waals surface area contributed by atoms with E-state index in [9.17, 15) is 39.6 Å². The normalized spacial score (nSPS) is 12.5. The largest absolute Gasteiger partial charge is 0.434 e. The molecule has 0 saturated carbocycles. The van der Waals surface area contributed by atoms with Gasteiger partial charge in [-0.25, -0.2) is 22.8 Å². The number of hydrogen-bond acceptors (Lipinski definition) is 5. The summed E-state index contributed by atoms with van der Waals surface area (Å²) in [6.07, 6.45) is -7.79. The summed E-state index contributed by atoms with van der Waals surface area (Å²) in [5.74, 6) is -1.37. The quantitative estimate of drug-likeness (QED) is 0.513. The standard InChI is InChI=1S/C18H13F6N5O3S/c19-17(20,21)10-27-33(31,32)12-6-4-11(5-7-12)28-16(30)13-9-26-29(15(13)18(22,23)24)14-3-1-2-8-25-14/h1-9,27H,10H2,(H,28,30). The van der Waals surface area contributed by atoms with Crippen LogP contribution in [0.2, 0.25) is 0 Å². The molecule has 2 heterocycles. The summed E-state index contributed by atoms with van der Waals surface area (Å²) < 4.78 is 103. The van der Waals surface area contributed by atoms with Crippen molar-refractivity contribution in [3.05, 3.63) is 66.1 Å². The molecular weight excluding hydrogens is 480 g/mol. The summed E-state index contributed by atoms with van der Waals surface area (Å²) in [4.78, 5) is 15.7. The van der Waals surface area contributed by atoms with Crippen LogP contribution in [-0.2, 0) is 16.2 Å². The lowest BCUT2D eigenvalue weighted by Crippen LogP contribution is -2.33. The Labute approximate surface area is 182 Å². The first-order chi connectivity index (χ1) is 15.3. The second-order valence-corrected chi connectivity index (χ2v) is 8.19. The van der Waals surface area contributed by atoms with Gasteiger partial charge in [0.25, 0.3) is 5.91 Å². The van der Waals surface area contributed by atoms with Gasteiger partial charge in [0.15, 0.2) is 11.5 Å². The number of pyridine rings is 1. The molecule has 0 radical (unpaired) electrons. The van der Waals surface area contributed by atoms with Crippen LogP contribution in [0.3, 0.4) is 0 Å². The maximum Gasteiger partial charge on any atom is 0.434 e. The molecule has 0 aliphatic carbocycles. The SMILES string of the molecule is O=C(Nc1ccc(S(=O)(=O)NCC(F)(F)F)cc1)c1cnn(-c2ccccn2)c1C(F)(F)F. The number of carbonyl (C=O) groups excluding carboxylic acids is 1. The van der Waals surface area contributed by atoms with Crippen molar-refractivity contribution in [1.29, 1.82) is 0 Å². The smallest absolute Gasteiger partial charge is 0.322 e. The lowest BCUT2D eigenvalue weighted by Gasteiger charge is -2.12. The third-order valence-electron chi connectivity index (χ3n) is 4.03. The third-order valence-corrected chi connectivity index (χ3v) is 5.45. The molecule has 176 valence electrons. The van der Waals surface area contributed by atoms with Gasteiger partial charge in [-0.05, 0) is 36.4 Å². The minimum atomic E-state index is -4.97. The second-order valence-electron chi connectivity index (χ2n) is 6.42. The predicted octanol–water partition coefficient (Wildman–Crippen LogP) is 3.38. The molecule has 0 spiro atoms. The van der Waals surface area contributed by atoms with Crippen LogP contribution in [0.25, 0.3) is 5.82 Å². The molecule has 0 saturated heterocycles. The number of sulfonamides is 1. The molecular formula is C18H13F6N5O3S. The zero-order valence-corrected chi connectivity index (χ0v) is 17.0. The lowest BCUT2D eigenvalue weighted by molar-refractivity contribution is -0.143. The van der Waals surface area contributed by atoms with E-state index < -0.39 is 51.0 Å². The molecule has 2 N–H and O–H groups in total. The van der Waals surface area contributed by atoms with E-state index in [1.165, 1.54) is 29.1 Å². The lowest BCUT2D eigenvalue weighted by atomic mass is 10.2. The summed E-state index contributed by atoms with van der Waals surface area (Å²) in [5.41, 5.74) is -2.31. The highest BCUT2D eigenvalue weighted by Gasteiger charge is 2.41. The number of nitrogens with zero attached hydrogens (tertiary/aromatic N) is 3. The summed E-state index contributed by atoms with van der Waals surface area (Å²) >= 11 is 0. The van der Waals surface area contributed by atoms with Gasteiger partial charge < -0.3 is 5.32 Å². The number of anilines is 1. The van der Waals surface area contributed by atoms with E-state index in [4.69, 9.17) is 0 Å². The van der Waals surface area contributed by atoms with Crippen molar-refractivity contribution in [3.8, 4) is 5.82 Å². The molecule has 1 aromatic carbocycles. The fourth-order valence-electron chi connectivity index (χ4n) is 2.62. The first kappa shape index (κ1) is 24.2. The molecule has 0 aliphatic heterocycles. The first-order valence-electron chi connectivity index (χ1n) is 8.82. The number of amides is 1. The zero-order valence-electron chi connectivity index (χ0n) is 16.1. The summed E-state index contributed by atoms with van der Waals surface area (Å²) in [6.45, 7) is -1.78. The summed E-state index contributed by atoms with van der Waals surface area (Å²) in [6, 6.07) is 7.97. The maximum absolute atomic E-state index is 13.6. The average Bonchev–Trinajstić information content (AvgIpc) is 3.19. The summed E-state index contributed by atoms with van der Waals surface area (Å²) in [5, 5.41) is 5.76. The number of halogens is 6. The summed E-state index contributed by atoms with van der Waals surface area (Å²) in [7, 11) is -4.50. The van der Waals surface area contributed by atoms with Crippen molar-refractivity contribution in [2.24, 2.45) is 0 Å².